The molecule has 0 saturated heterocycles. The van der Waals surface area contributed by atoms with Crippen LogP contribution in [0.25, 0.3) is 0 Å². The first-order chi connectivity index (χ1) is 13.6. The van der Waals surface area contributed by atoms with Gasteiger partial charge in [0.25, 0.3) is 11.8 Å². The fourth-order valence-corrected chi connectivity index (χ4v) is 3.41. The topological polar surface area (TPSA) is 88.9 Å². The number of benzene rings is 1. The number of nitrogens with one attached hydrogen (secondary N) is 2. The smallest absolute Gasteiger partial charge is 0.255 e. The fourth-order valence-electron chi connectivity index (χ4n) is 3.41. The summed E-state index contributed by atoms with van der Waals surface area (Å²) in [5.74, 6) is -0.293. The van der Waals surface area contributed by atoms with Gasteiger partial charge in [-0.1, -0.05) is 30.3 Å². The molecule has 1 aliphatic rings. The number of hydrogen-bond acceptors (Lipinski definition) is 4. The minimum absolute atomic E-state index is 0.0923. The van der Waals surface area contributed by atoms with Crippen molar-refractivity contribution in [2.45, 2.75) is 32.5 Å². The molecule has 4 rings (SSSR count). The summed E-state index contributed by atoms with van der Waals surface area (Å²) < 4.78 is 1.79. The first kappa shape index (κ1) is 17.9. The van der Waals surface area contributed by atoms with E-state index in [0.717, 1.165) is 17.0 Å². The van der Waals surface area contributed by atoms with E-state index in [1.54, 1.807) is 29.2 Å². The zero-order chi connectivity index (χ0) is 19.5. The minimum atomic E-state index is -0.151. The van der Waals surface area contributed by atoms with Gasteiger partial charge in [0, 0.05) is 30.4 Å². The fraction of sp³-hybridized carbons (Fsp3) is 0.238. The van der Waals surface area contributed by atoms with E-state index in [4.69, 9.17) is 0 Å². The minimum Gasteiger partial charge on any atom is -0.348 e. The average molecular weight is 375 g/mol. The summed E-state index contributed by atoms with van der Waals surface area (Å²) >= 11 is 0. The number of rotatable bonds is 5. The Bertz CT molecular complexity index is 1010. The molecular weight excluding hydrogens is 354 g/mol. The predicted octanol–water partition coefficient (Wildman–Crippen LogP) is 1.87. The number of carbonyl (C=O) groups is 2. The maximum atomic E-state index is 12.6. The lowest BCUT2D eigenvalue weighted by atomic mass is 10.1. The quantitative estimate of drug-likeness (QED) is 0.713. The maximum Gasteiger partial charge on any atom is 0.255 e. The van der Waals surface area contributed by atoms with Crippen LogP contribution in [-0.4, -0.2) is 32.6 Å². The highest BCUT2D eigenvalue weighted by molar-refractivity contribution is 5.96. The van der Waals surface area contributed by atoms with E-state index in [2.05, 4.69) is 20.7 Å². The van der Waals surface area contributed by atoms with E-state index in [0.29, 0.717) is 30.6 Å². The van der Waals surface area contributed by atoms with Crippen LogP contribution in [0.3, 0.4) is 0 Å². The number of nitrogens with zero attached hydrogens (tertiary/aromatic N) is 3. The zero-order valence-corrected chi connectivity index (χ0v) is 15.6. The van der Waals surface area contributed by atoms with Crippen molar-refractivity contribution in [3.05, 3.63) is 82.9 Å². The van der Waals surface area contributed by atoms with Crippen molar-refractivity contribution in [1.29, 1.82) is 0 Å². The molecule has 28 heavy (non-hydrogen) atoms. The molecule has 0 spiro atoms. The highest BCUT2D eigenvalue weighted by Gasteiger charge is 2.29. The molecule has 0 fully saturated rings. The summed E-state index contributed by atoms with van der Waals surface area (Å²) in [5.41, 5.74) is 3.83. The second kappa shape index (κ2) is 7.64. The van der Waals surface area contributed by atoms with Crippen LogP contribution in [0.4, 0.5) is 0 Å². The van der Waals surface area contributed by atoms with Gasteiger partial charge in [-0.2, -0.15) is 5.10 Å². The van der Waals surface area contributed by atoms with Crippen LogP contribution in [0.5, 0.6) is 0 Å². The van der Waals surface area contributed by atoms with Gasteiger partial charge in [0.15, 0.2) is 0 Å². The van der Waals surface area contributed by atoms with Gasteiger partial charge < -0.3 is 10.6 Å². The van der Waals surface area contributed by atoms with Crippen molar-refractivity contribution in [3.8, 4) is 0 Å². The molecule has 0 unspecified atom stereocenters. The molecule has 2 amide bonds. The van der Waals surface area contributed by atoms with Gasteiger partial charge in [-0.25, -0.2) is 0 Å². The molecule has 3 aromatic rings. The van der Waals surface area contributed by atoms with Crippen molar-refractivity contribution in [2.75, 3.05) is 0 Å². The molecule has 0 radical (unpaired) electrons. The zero-order valence-electron chi connectivity index (χ0n) is 15.6. The van der Waals surface area contributed by atoms with Crippen molar-refractivity contribution in [3.63, 3.8) is 0 Å². The van der Waals surface area contributed by atoms with E-state index in [1.807, 2.05) is 37.3 Å². The highest BCUT2D eigenvalue weighted by Crippen LogP contribution is 2.19. The van der Waals surface area contributed by atoms with Crippen molar-refractivity contribution in [2.24, 2.45) is 0 Å². The Kier molecular flexibility index (Phi) is 4.89. The SMILES string of the molecule is Cc1cc(C(=O)N[C@H]2Cc3c(C(=O)NCc4ccccc4)cnn3C2)ccn1. The molecule has 0 bridgehead atoms. The summed E-state index contributed by atoms with van der Waals surface area (Å²) in [6.45, 7) is 2.87. The standard InChI is InChI=1S/C21H21N5O2/c1-14-9-16(7-8-22-14)20(27)25-17-10-19-18(12-24-26(19)13-17)21(28)23-11-15-5-3-2-4-6-15/h2-9,12,17H,10-11,13H2,1H3,(H,23,28)(H,25,27)/t17-/m0/s1. The van der Waals surface area contributed by atoms with Gasteiger partial charge in [0.05, 0.1) is 30.0 Å². The van der Waals surface area contributed by atoms with Crippen LogP contribution < -0.4 is 10.6 Å². The first-order valence-corrected chi connectivity index (χ1v) is 9.20. The van der Waals surface area contributed by atoms with Crippen molar-refractivity contribution in [1.82, 2.24) is 25.4 Å². The lowest BCUT2D eigenvalue weighted by Crippen LogP contribution is -2.36. The molecule has 1 aromatic carbocycles. The normalized spacial score (nSPS) is 15.1. The number of hydrogen-bond donors (Lipinski definition) is 2. The van der Waals surface area contributed by atoms with E-state index < -0.39 is 0 Å². The van der Waals surface area contributed by atoms with Gasteiger partial charge in [0.2, 0.25) is 0 Å². The van der Waals surface area contributed by atoms with E-state index >= 15 is 0 Å². The highest BCUT2D eigenvalue weighted by atomic mass is 16.2. The van der Waals surface area contributed by atoms with Crippen LogP contribution in [0.1, 0.15) is 37.7 Å². The Labute approximate surface area is 162 Å². The molecule has 0 aliphatic carbocycles. The number of carbonyl (C=O) groups excluding carboxylic acids is 2. The largest absolute Gasteiger partial charge is 0.348 e. The number of amides is 2. The Hall–Kier alpha value is -3.48. The Morgan fingerprint density at radius 2 is 2.00 bits per heavy atom. The molecule has 0 saturated carbocycles. The van der Waals surface area contributed by atoms with E-state index in [1.165, 1.54) is 0 Å². The summed E-state index contributed by atoms with van der Waals surface area (Å²) in [4.78, 5) is 29.1. The second-order valence-electron chi connectivity index (χ2n) is 6.92. The molecule has 2 N–H and O–H groups in total. The summed E-state index contributed by atoms with van der Waals surface area (Å²) in [7, 11) is 0. The van der Waals surface area contributed by atoms with E-state index in [-0.39, 0.29) is 17.9 Å². The average Bonchev–Trinajstić information content (AvgIpc) is 3.27. The monoisotopic (exact) mass is 375 g/mol. The van der Waals surface area contributed by atoms with Gasteiger partial charge in [-0.3, -0.25) is 19.3 Å². The molecular formula is C21H21N5O2. The van der Waals surface area contributed by atoms with Gasteiger partial charge >= 0.3 is 0 Å². The van der Waals surface area contributed by atoms with Gasteiger partial charge in [-0.15, -0.1) is 0 Å². The van der Waals surface area contributed by atoms with Crippen LogP contribution in [0.2, 0.25) is 0 Å². The molecule has 2 aromatic heterocycles. The van der Waals surface area contributed by atoms with Crippen LogP contribution in [0.15, 0.2) is 54.9 Å². The first-order valence-electron chi connectivity index (χ1n) is 9.20. The number of aromatic nitrogens is 3. The van der Waals surface area contributed by atoms with E-state index in [9.17, 15) is 9.59 Å². The third kappa shape index (κ3) is 3.78. The Balaban J connectivity index is 1.38. The van der Waals surface area contributed by atoms with Crippen molar-refractivity contribution < 1.29 is 9.59 Å². The van der Waals surface area contributed by atoms with Crippen LogP contribution in [-0.2, 0) is 19.5 Å². The number of aryl methyl sites for hydroxylation is 1. The molecule has 142 valence electrons. The molecule has 1 aliphatic heterocycles. The van der Waals surface area contributed by atoms with Gasteiger partial charge in [-0.05, 0) is 24.6 Å². The van der Waals surface area contributed by atoms with Gasteiger partial charge in [0.1, 0.15) is 0 Å². The maximum absolute atomic E-state index is 12.6. The summed E-state index contributed by atoms with van der Waals surface area (Å²) in [6, 6.07) is 13.1. The van der Waals surface area contributed by atoms with Crippen LogP contribution in [0, 0.1) is 6.92 Å². The Morgan fingerprint density at radius 3 is 2.79 bits per heavy atom. The lowest BCUT2D eigenvalue weighted by Gasteiger charge is -2.12. The number of fused-ring (bicyclic) bond motifs is 1. The molecule has 7 nitrogen and oxygen atoms in total. The number of pyridine rings is 1. The summed E-state index contributed by atoms with van der Waals surface area (Å²) in [6.07, 6.45) is 3.79. The molecule has 1 atom stereocenters. The molecule has 3 heterocycles. The van der Waals surface area contributed by atoms with Crippen LogP contribution >= 0.6 is 0 Å². The predicted molar refractivity (Wildman–Crippen MR) is 104 cm³/mol. The third-order valence-electron chi connectivity index (χ3n) is 4.82. The summed E-state index contributed by atoms with van der Waals surface area (Å²) in [5, 5.41) is 10.3. The molecule has 7 heteroatoms. The second-order valence-corrected chi connectivity index (χ2v) is 6.92. The Morgan fingerprint density at radius 1 is 1.18 bits per heavy atom. The third-order valence-corrected chi connectivity index (χ3v) is 4.82. The van der Waals surface area contributed by atoms with Crippen molar-refractivity contribution >= 4 is 11.8 Å². The lowest BCUT2D eigenvalue weighted by molar-refractivity contribution is 0.0934.